The Kier molecular flexibility index (Phi) is 3.57. The molecule has 7 heteroatoms. The summed E-state index contributed by atoms with van der Waals surface area (Å²) in [5, 5.41) is 8.55. The summed E-state index contributed by atoms with van der Waals surface area (Å²) in [4.78, 5) is 14.0. The lowest BCUT2D eigenvalue weighted by Crippen LogP contribution is -2.08. The van der Waals surface area contributed by atoms with Crippen LogP contribution in [0.25, 0.3) is 0 Å². The van der Waals surface area contributed by atoms with Gasteiger partial charge in [0.15, 0.2) is 0 Å². The van der Waals surface area contributed by atoms with Gasteiger partial charge in [0.25, 0.3) is 6.43 Å². The fourth-order valence-electron chi connectivity index (χ4n) is 1.03. The molecule has 0 aliphatic carbocycles. The molecule has 0 unspecified atom stereocenters. The molecule has 82 valence electrons. The second kappa shape index (κ2) is 4.52. The van der Waals surface area contributed by atoms with Gasteiger partial charge in [-0.3, -0.25) is 4.79 Å². The molecule has 0 atom stereocenters. The lowest BCUT2D eigenvalue weighted by atomic mass is 10.1. The number of carbonyl (C=O) groups is 1. The van der Waals surface area contributed by atoms with Crippen LogP contribution in [0.4, 0.5) is 14.6 Å². The quantitative estimate of drug-likeness (QED) is 0.888. The molecule has 0 bridgehead atoms. The normalized spacial score (nSPS) is 10.7. The third kappa shape index (κ3) is 2.62. The zero-order valence-electron chi connectivity index (χ0n) is 7.38. The van der Waals surface area contributed by atoms with Gasteiger partial charge in [0.05, 0.1) is 12.0 Å². The highest BCUT2D eigenvalue weighted by atomic mass is 79.9. The van der Waals surface area contributed by atoms with Gasteiger partial charge in [0, 0.05) is 16.2 Å². The first-order valence-corrected chi connectivity index (χ1v) is 4.65. The molecule has 1 aromatic rings. The van der Waals surface area contributed by atoms with Crippen LogP contribution in [0.3, 0.4) is 0 Å². The van der Waals surface area contributed by atoms with E-state index in [2.05, 4.69) is 20.9 Å². The van der Waals surface area contributed by atoms with Crippen molar-refractivity contribution >= 4 is 27.7 Å². The number of aliphatic carboxylic acids is 1. The summed E-state index contributed by atoms with van der Waals surface area (Å²) < 4.78 is 24.8. The fourth-order valence-corrected chi connectivity index (χ4v) is 1.65. The van der Waals surface area contributed by atoms with E-state index in [0.717, 1.165) is 6.20 Å². The van der Waals surface area contributed by atoms with Crippen molar-refractivity contribution in [2.24, 2.45) is 0 Å². The van der Waals surface area contributed by atoms with E-state index in [1.165, 1.54) is 0 Å². The maximum Gasteiger partial charge on any atom is 0.308 e. The van der Waals surface area contributed by atoms with Crippen LogP contribution in [0.2, 0.25) is 0 Å². The van der Waals surface area contributed by atoms with Crippen LogP contribution >= 0.6 is 15.9 Å². The average molecular weight is 281 g/mol. The summed E-state index contributed by atoms with van der Waals surface area (Å²) in [6.45, 7) is 0. The second-order valence-electron chi connectivity index (χ2n) is 2.76. The summed E-state index contributed by atoms with van der Waals surface area (Å²) in [5.74, 6) is -1.22. The minimum Gasteiger partial charge on any atom is -0.481 e. The first-order valence-electron chi connectivity index (χ1n) is 3.86. The van der Waals surface area contributed by atoms with E-state index in [0.29, 0.717) is 0 Å². The van der Waals surface area contributed by atoms with Gasteiger partial charge in [-0.2, -0.15) is 0 Å². The van der Waals surface area contributed by atoms with Gasteiger partial charge in [0.1, 0.15) is 5.82 Å². The third-order valence-corrected chi connectivity index (χ3v) is 2.67. The van der Waals surface area contributed by atoms with Crippen LogP contribution in [0, 0.1) is 0 Å². The number of nitrogen functional groups attached to an aromatic ring is 1. The molecule has 15 heavy (non-hydrogen) atoms. The molecule has 0 aliphatic heterocycles. The second-order valence-corrected chi connectivity index (χ2v) is 3.56. The molecule has 1 aromatic heterocycles. The van der Waals surface area contributed by atoms with E-state index in [4.69, 9.17) is 10.8 Å². The summed E-state index contributed by atoms with van der Waals surface area (Å²) in [7, 11) is 0. The predicted molar refractivity (Wildman–Crippen MR) is 52.6 cm³/mol. The molecule has 4 nitrogen and oxygen atoms in total. The number of hydrogen-bond donors (Lipinski definition) is 2. The molecule has 0 radical (unpaired) electrons. The van der Waals surface area contributed by atoms with E-state index in [-0.39, 0.29) is 21.4 Å². The van der Waals surface area contributed by atoms with Crippen LogP contribution in [0.5, 0.6) is 0 Å². The first-order chi connectivity index (χ1) is 6.93. The molecule has 0 aliphatic rings. The number of aromatic nitrogens is 1. The molecule has 1 rings (SSSR count). The largest absolute Gasteiger partial charge is 0.481 e. The summed E-state index contributed by atoms with van der Waals surface area (Å²) >= 11 is 2.90. The number of anilines is 1. The molecule has 0 amide bonds. The van der Waals surface area contributed by atoms with Crippen LogP contribution in [0.15, 0.2) is 10.7 Å². The van der Waals surface area contributed by atoms with Gasteiger partial charge >= 0.3 is 5.97 Å². The van der Waals surface area contributed by atoms with Crippen molar-refractivity contribution in [2.45, 2.75) is 12.8 Å². The highest BCUT2D eigenvalue weighted by molar-refractivity contribution is 9.10. The van der Waals surface area contributed by atoms with Crippen molar-refractivity contribution in [3.8, 4) is 0 Å². The molecular formula is C8H7BrF2N2O2. The molecule has 0 aromatic carbocycles. The number of nitrogens with zero attached hydrogens (tertiary/aromatic N) is 1. The molecule has 0 spiro atoms. The summed E-state index contributed by atoms with van der Waals surface area (Å²) in [5.41, 5.74) is 5.10. The molecule has 0 saturated heterocycles. The number of hydrogen-bond acceptors (Lipinski definition) is 3. The Hall–Kier alpha value is -1.24. The lowest BCUT2D eigenvalue weighted by Gasteiger charge is -2.09. The van der Waals surface area contributed by atoms with Crippen LogP contribution < -0.4 is 5.73 Å². The molecule has 0 fully saturated rings. The van der Waals surface area contributed by atoms with Crippen molar-refractivity contribution in [1.29, 1.82) is 0 Å². The van der Waals surface area contributed by atoms with Gasteiger partial charge < -0.3 is 10.8 Å². The monoisotopic (exact) mass is 280 g/mol. The smallest absolute Gasteiger partial charge is 0.308 e. The summed E-state index contributed by atoms with van der Waals surface area (Å²) in [6, 6.07) is 0. The molecule has 1 heterocycles. The molecule has 0 saturated carbocycles. The Labute approximate surface area is 92.2 Å². The predicted octanol–water partition coefficient (Wildman–Crippen LogP) is 1.99. The Bertz CT molecular complexity index is 398. The number of carboxylic acid groups (broad SMARTS) is 1. The highest BCUT2D eigenvalue weighted by Gasteiger charge is 2.19. The van der Waals surface area contributed by atoms with Crippen molar-refractivity contribution < 1.29 is 18.7 Å². The standard InChI is InChI=1S/C8H7BrF2N2O2/c9-6-3(1-5(14)15)8(12)13-2-4(6)7(10)11/h2,7H,1H2,(H2,12,13)(H,14,15). The van der Waals surface area contributed by atoms with Crippen LogP contribution in [-0.4, -0.2) is 16.1 Å². The number of nitrogens with two attached hydrogens (primary N) is 1. The van der Waals surface area contributed by atoms with E-state index >= 15 is 0 Å². The third-order valence-electron chi connectivity index (χ3n) is 1.73. The number of rotatable bonds is 3. The van der Waals surface area contributed by atoms with Gasteiger partial charge in [-0.05, 0) is 15.9 Å². The first kappa shape index (κ1) is 11.8. The van der Waals surface area contributed by atoms with Crippen molar-refractivity contribution in [1.82, 2.24) is 4.98 Å². The van der Waals surface area contributed by atoms with Crippen LogP contribution in [0.1, 0.15) is 17.6 Å². The maximum atomic E-state index is 12.4. The molecular weight excluding hydrogens is 274 g/mol. The topological polar surface area (TPSA) is 76.2 Å². The Morgan fingerprint density at radius 1 is 1.67 bits per heavy atom. The Morgan fingerprint density at radius 2 is 2.27 bits per heavy atom. The van der Waals surface area contributed by atoms with Gasteiger partial charge in [-0.15, -0.1) is 0 Å². The molecule has 3 N–H and O–H groups in total. The Balaban J connectivity index is 3.23. The lowest BCUT2D eigenvalue weighted by molar-refractivity contribution is -0.136. The van der Waals surface area contributed by atoms with Gasteiger partial charge in [-0.25, -0.2) is 13.8 Å². The average Bonchev–Trinajstić information content (AvgIpc) is 2.11. The number of carboxylic acids is 1. The fraction of sp³-hybridized carbons (Fsp3) is 0.250. The van der Waals surface area contributed by atoms with E-state index < -0.39 is 18.8 Å². The highest BCUT2D eigenvalue weighted by Crippen LogP contribution is 2.32. The zero-order chi connectivity index (χ0) is 11.6. The van der Waals surface area contributed by atoms with Gasteiger partial charge in [0.2, 0.25) is 0 Å². The van der Waals surface area contributed by atoms with E-state index in [1.807, 2.05) is 0 Å². The van der Waals surface area contributed by atoms with Gasteiger partial charge in [-0.1, -0.05) is 0 Å². The van der Waals surface area contributed by atoms with Crippen molar-refractivity contribution in [3.63, 3.8) is 0 Å². The van der Waals surface area contributed by atoms with Crippen LogP contribution in [-0.2, 0) is 11.2 Å². The van der Waals surface area contributed by atoms with Crippen molar-refractivity contribution in [3.05, 3.63) is 21.8 Å². The number of halogens is 3. The number of alkyl halides is 2. The number of pyridine rings is 1. The zero-order valence-corrected chi connectivity index (χ0v) is 8.96. The maximum absolute atomic E-state index is 12.4. The SMILES string of the molecule is Nc1ncc(C(F)F)c(Br)c1CC(=O)O. The minimum absolute atomic E-state index is 0.00685. The van der Waals surface area contributed by atoms with Crippen molar-refractivity contribution in [2.75, 3.05) is 5.73 Å². The summed E-state index contributed by atoms with van der Waals surface area (Å²) in [6.07, 6.45) is -2.24. The van der Waals surface area contributed by atoms with E-state index in [1.54, 1.807) is 0 Å². The Morgan fingerprint density at radius 3 is 2.73 bits per heavy atom. The van der Waals surface area contributed by atoms with E-state index in [9.17, 15) is 13.6 Å². The minimum atomic E-state index is -2.72.